The van der Waals surface area contributed by atoms with Crippen LogP contribution in [0.5, 0.6) is 0 Å². The zero-order valence-corrected chi connectivity index (χ0v) is 6.25. The molecular weight excluding hydrogens is 232 g/mol. The summed E-state index contributed by atoms with van der Waals surface area (Å²) in [4.78, 5) is 0. The molecule has 0 aliphatic carbocycles. The Morgan fingerprint density at radius 2 is 1.15 bits per heavy atom. The highest BCUT2D eigenvalue weighted by Crippen LogP contribution is 2.43. The van der Waals surface area contributed by atoms with Crippen LogP contribution in [0.3, 0.4) is 0 Å². The molecule has 0 heterocycles. The van der Waals surface area contributed by atoms with Crippen LogP contribution in [0.2, 0.25) is 0 Å². The van der Waals surface area contributed by atoms with E-state index >= 15 is 0 Å². The Balaban J connectivity index is 5.25. The first-order valence-corrected chi connectivity index (χ1v) is 3.15. The maximum atomic E-state index is 11.8. The van der Waals surface area contributed by atoms with Crippen molar-refractivity contribution in [1.82, 2.24) is 0 Å². The summed E-state index contributed by atoms with van der Waals surface area (Å²) < 4.78 is 91.7. The van der Waals surface area contributed by atoms with Gasteiger partial charge in [-0.05, 0) is 0 Å². The van der Waals surface area contributed by atoms with Gasteiger partial charge in [0.05, 0.1) is 0 Å². The van der Waals surface area contributed by atoms with Gasteiger partial charge in [0.2, 0.25) is 5.16 Å². The van der Waals surface area contributed by atoms with Gasteiger partial charge in [-0.1, -0.05) is 0 Å². The average Bonchev–Trinajstić information content (AvgIpc) is 1.80. The smallest absolute Gasteiger partial charge is 0.196 e. The predicted octanol–water partition coefficient (Wildman–Crippen LogP) is 3.91. The lowest BCUT2D eigenvalue weighted by Gasteiger charge is -2.14. The van der Waals surface area contributed by atoms with Crippen LogP contribution in [0.15, 0.2) is 10.7 Å². The van der Waals surface area contributed by atoms with Crippen molar-refractivity contribution in [3.05, 3.63) is 10.7 Å². The summed E-state index contributed by atoms with van der Waals surface area (Å²) in [6.45, 7) is 0. The molecule has 0 bridgehead atoms. The lowest BCUT2D eigenvalue weighted by molar-refractivity contribution is -0.173. The molecule has 0 aromatic rings. The molecule has 0 spiro atoms. The van der Waals surface area contributed by atoms with E-state index in [0.29, 0.717) is 0 Å². The summed E-state index contributed by atoms with van der Waals surface area (Å²) in [5, 5.41) is -2.94. The number of hydrogen-bond acceptors (Lipinski definition) is 1. The summed E-state index contributed by atoms with van der Waals surface area (Å²) in [7, 11) is 0. The van der Waals surface area contributed by atoms with Crippen molar-refractivity contribution in [2.75, 3.05) is 0 Å². The fraction of sp³-hybridized carbons (Fsp3) is 0.500. The Labute approximate surface area is 70.9 Å². The van der Waals surface area contributed by atoms with Gasteiger partial charge in [-0.3, -0.25) is 0 Å². The third kappa shape index (κ3) is 3.41. The fourth-order valence-electron chi connectivity index (χ4n) is 0.422. The first-order chi connectivity index (χ1) is 5.60. The predicted molar refractivity (Wildman–Crippen MR) is 28.9 cm³/mol. The molecule has 78 valence electrons. The Kier molecular flexibility index (Phi) is 3.59. The fourth-order valence-corrected chi connectivity index (χ4v) is 0.731. The average molecular weight is 232 g/mol. The topological polar surface area (TPSA) is 0 Å². The monoisotopic (exact) mass is 232 g/mol. The lowest BCUT2D eigenvalue weighted by Crippen LogP contribution is -2.26. The zero-order valence-electron chi connectivity index (χ0n) is 5.43. The third-order valence-corrected chi connectivity index (χ3v) is 1.17. The summed E-state index contributed by atoms with van der Waals surface area (Å²) in [5.41, 5.74) is -3.47. The van der Waals surface area contributed by atoms with Gasteiger partial charge in [0, 0.05) is 0 Å². The second kappa shape index (κ2) is 3.72. The molecule has 0 aromatic carbocycles. The van der Waals surface area contributed by atoms with Gasteiger partial charge in [-0.25, -0.2) is 0 Å². The van der Waals surface area contributed by atoms with Crippen molar-refractivity contribution in [3.63, 3.8) is 0 Å². The van der Waals surface area contributed by atoms with E-state index in [1.54, 1.807) is 0 Å². The molecule has 0 aliphatic rings. The van der Waals surface area contributed by atoms with E-state index in [4.69, 9.17) is 0 Å². The van der Waals surface area contributed by atoms with E-state index in [2.05, 4.69) is 0 Å². The van der Waals surface area contributed by atoms with E-state index < -0.39 is 35.2 Å². The Hall–Kier alpha value is -0.470. The molecule has 0 aliphatic heterocycles. The molecule has 0 aromatic heterocycles. The first-order valence-electron chi connectivity index (χ1n) is 2.43. The number of rotatable bonds is 1. The van der Waals surface area contributed by atoms with Gasteiger partial charge >= 0.3 is 12.4 Å². The van der Waals surface area contributed by atoms with E-state index in [-0.39, 0.29) is 0 Å². The second-order valence-corrected chi connectivity index (χ2v) is 2.23. The summed E-state index contributed by atoms with van der Waals surface area (Å²) >= 11 is -1.74. The standard InChI is InChI=1S/C4F8S/c5-2(13-12)1(3(6,7)8)4(9,10)11. The SMILES string of the molecule is FSC(F)=C(C(F)(F)F)C(F)(F)F. The molecule has 0 unspecified atom stereocenters. The minimum Gasteiger partial charge on any atom is -0.196 e. The van der Waals surface area contributed by atoms with Crippen LogP contribution >= 0.6 is 12.1 Å². The third-order valence-electron chi connectivity index (χ3n) is 0.831. The van der Waals surface area contributed by atoms with Crippen molar-refractivity contribution < 1.29 is 34.6 Å². The van der Waals surface area contributed by atoms with Gasteiger partial charge in [0.1, 0.15) is 12.1 Å². The largest absolute Gasteiger partial charge is 0.424 e. The van der Waals surface area contributed by atoms with Crippen LogP contribution in [0.25, 0.3) is 0 Å². The second-order valence-electron chi connectivity index (χ2n) is 1.72. The van der Waals surface area contributed by atoms with Crippen LogP contribution in [-0.2, 0) is 0 Å². The minimum absolute atomic E-state index is 1.74. The van der Waals surface area contributed by atoms with E-state index in [9.17, 15) is 34.6 Å². The van der Waals surface area contributed by atoms with Crippen LogP contribution in [0.1, 0.15) is 0 Å². The first kappa shape index (κ1) is 12.5. The molecule has 13 heavy (non-hydrogen) atoms. The highest BCUT2D eigenvalue weighted by Gasteiger charge is 2.54. The highest BCUT2D eigenvalue weighted by atomic mass is 32.2. The maximum absolute atomic E-state index is 11.8. The van der Waals surface area contributed by atoms with Crippen LogP contribution in [0.4, 0.5) is 34.6 Å². The molecule has 0 N–H and O–H groups in total. The van der Waals surface area contributed by atoms with Gasteiger partial charge in [0.15, 0.2) is 5.57 Å². The van der Waals surface area contributed by atoms with Crippen molar-refractivity contribution in [2.24, 2.45) is 0 Å². The molecule has 0 atom stereocenters. The van der Waals surface area contributed by atoms with Crippen LogP contribution in [0, 0.1) is 0 Å². The molecule has 0 rings (SSSR count). The molecular formula is C4F8S. The molecule has 0 nitrogen and oxygen atoms in total. The summed E-state index contributed by atoms with van der Waals surface area (Å²) in [5.74, 6) is 0. The number of halogens is 8. The van der Waals surface area contributed by atoms with Crippen LogP contribution in [-0.4, -0.2) is 12.4 Å². The van der Waals surface area contributed by atoms with Gasteiger partial charge < -0.3 is 0 Å². The molecule has 0 saturated carbocycles. The highest BCUT2D eigenvalue weighted by molar-refractivity contribution is 7.98. The normalized spacial score (nSPS) is 12.9. The Morgan fingerprint density at radius 1 is 0.846 bits per heavy atom. The van der Waals surface area contributed by atoms with Crippen molar-refractivity contribution in [2.45, 2.75) is 12.4 Å². The van der Waals surface area contributed by atoms with Crippen molar-refractivity contribution in [3.8, 4) is 0 Å². The quantitative estimate of drug-likeness (QED) is 0.617. The maximum Gasteiger partial charge on any atom is 0.424 e. The zero-order chi connectivity index (χ0) is 10.9. The van der Waals surface area contributed by atoms with Gasteiger partial charge in [-0.15, -0.1) is 0 Å². The van der Waals surface area contributed by atoms with Crippen molar-refractivity contribution >= 4 is 12.1 Å². The molecule has 0 amide bonds. The van der Waals surface area contributed by atoms with E-state index in [0.717, 1.165) is 0 Å². The number of allylic oxidation sites excluding steroid dienone is 1. The van der Waals surface area contributed by atoms with Crippen molar-refractivity contribution in [1.29, 1.82) is 0 Å². The molecule has 9 heteroatoms. The molecule has 0 fully saturated rings. The summed E-state index contributed by atoms with van der Waals surface area (Å²) in [6.07, 6.45) is -11.9. The van der Waals surface area contributed by atoms with E-state index in [1.165, 1.54) is 0 Å². The molecule has 0 radical (unpaired) electrons. The summed E-state index contributed by atoms with van der Waals surface area (Å²) in [6, 6.07) is 0. The lowest BCUT2D eigenvalue weighted by atomic mass is 10.3. The van der Waals surface area contributed by atoms with Gasteiger partial charge in [0.25, 0.3) is 0 Å². The van der Waals surface area contributed by atoms with Gasteiger partial charge in [-0.2, -0.15) is 34.6 Å². The van der Waals surface area contributed by atoms with E-state index in [1.807, 2.05) is 0 Å². The number of hydrogen-bond donors (Lipinski definition) is 0. The minimum atomic E-state index is -5.96. The Bertz CT molecular complexity index is 193. The molecule has 0 saturated heterocycles. The number of alkyl halides is 6. The Morgan fingerprint density at radius 3 is 1.23 bits per heavy atom. The van der Waals surface area contributed by atoms with Crippen LogP contribution < -0.4 is 0 Å².